The Morgan fingerprint density at radius 3 is 2.73 bits per heavy atom. The summed E-state index contributed by atoms with van der Waals surface area (Å²) in [6.45, 7) is 5.85. The lowest BCUT2D eigenvalue weighted by molar-refractivity contribution is 0.359. The van der Waals surface area contributed by atoms with Gasteiger partial charge in [-0.25, -0.2) is 4.98 Å². The molecule has 0 radical (unpaired) electrons. The second-order valence-corrected chi connectivity index (χ2v) is 8.19. The minimum Gasteiger partial charge on any atom is -0.317 e. The maximum Gasteiger partial charge on any atom is 0.271 e. The highest BCUT2D eigenvalue weighted by molar-refractivity contribution is 7.22. The number of aromatic nitrogens is 4. The molecule has 0 atom stereocenters. The van der Waals surface area contributed by atoms with Crippen molar-refractivity contribution >= 4 is 32.5 Å². The molecule has 1 aromatic carbocycles. The number of fused-ring (bicyclic) bond motifs is 2. The van der Waals surface area contributed by atoms with Gasteiger partial charge >= 0.3 is 0 Å². The van der Waals surface area contributed by atoms with Crippen LogP contribution in [-0.4, -0.2) is 32.4 Å². The number of nitrogens with zero attached hydrogens (tertiary/aromatic N) is 5. The van der Waals surface area contributed by atoms with E-state index in [0.717, 1.165) is 41.8 Å². The molecule has 0 aliphatic carbocycles. The number of benzene rings is 1. The molecule has 8 heteroatoms. The molecule has 3 aromatic heterocycles. The van der Waals surface area contributed by atoms with Crippen LogP contribution >= 0.6 is 11.3 Å². The molecule has 0 amide bonds. The van der Waals surface area contributed by atoms with Gasteiger partial charge in [-0.2, -0.15) is 10.4 Å². The maximum absolute atomic E-state index is 13.1. The zero-order chi connectivity index (χ0) is 21.3. The summed E-state index contributed by atoms with van der Waals surface area (Å²) in [6, 6.07) is 8.22. The number of nitrogens with one attached hydrogen (secondary N) is 1. The largest absolute Gasteiger partial charge is 0.317 e. The molecule has 4 aromatic rings. The molecule has 0 saturated carbocycles. The number of hydrogen-bond donors (Lipinski definition) is 1. The number of thiophene rings is 1. The lowest BCUT2D eigenvalue weighted by Gasteiger charge is -2.24. The second-order valence-electron chi connectivity index (χ2n) is 7.14. The zero-order valence-corrected chi connectivity index (χ0v) is 18.2. The topological polar surface area (TPSA) is 88.5 Å². The van der Waals surface area contributed by atoms with Crippen molar-refractivity contribution in [3.63, 3.8) is 0 Å². The first kappa shape index (κ1) is 20.3. The number of aryl methyl sites for hydroxylation is 1. The van der Waals surface area contributed by atoms with Crippen molar-refractivity contribution in [2.45, 2.75) is 32.7 Å². The number of nitriles is 1. The average molecular weight is 421 g/mol. The molecule has 30 heavy (non-hydrogen) atoms. The van der Waals surface area contributed by atoms with E-state index >= 15 is 0 Å². The van der Waals surface area contributed by atoms with Crippen molar-refractivity contribution < 1.29 is 0 Å². The Kier molecular flexibility index (Phi) is 5.66. The molecule has 0 spiro atoms. The fraction of sp³-hybridized carbons (Fsp3) is 0.364. The number of rotatable bonds is 2. The summed E-state index contributed by atoms with van der Waals surface area (Å²) in [5, 5.41) is 18.1. The van der Waals surface area contributed by atoms with E-state index in [4.69, 9.17) is 0 Å². The summed E-state index contributed by atoms with van der Waals surface area (Å²) in [4.78, 5) is 18.5. The van der Waals surface area contributed by atoms with Gasteiger partial charge in [0, 0.05) is 29.5 Å². The molecule has 1 fully saturated rings. The molecule has 0 unspecified atom stereocenters. The van der Waals surface area contributed by atoms with Gasteiger partial charge in [0.2, 0.25) is 0 Å². The molecular weight excluding hydrogens is 396 g/mol. The predicted molar refractivity (Wildman–Crippen MR) is 121 cm³/mol. The van der Waals surface area contributed by atoms with Gasteiger partial charge < -0.3 is 5.32 Å². The Bertz CT molecular complexity index is 1300. The van der Waals surface area contributed by atoms with Crippen molar-refractivity contribution in [3.8, 4) is 16.5 Å². The molecular formula is C22H24N6OS. The second kappa shape index (κ2) is 8.38. The van der Waals surface area contributed by atoms with Crippen LogP contribution in [0.15, 0.2) is 35.5 Å². The van der Waals surface area contributed by atoms with Crippen LogP contribution in [0.25, 0.3) is 31.6 Å². The highest BCUT2D eigenvalue weighted by Gasteiger charge is 2.19. The van der Waals surface area contributed by atoms with Gasteiger partial charge in [0.05, 0.1) is 17.4 Å². The van der Waals surface area contributed by atoms with Crippen LogP contribution in [-0.2, 0) is 7.05 Å². The molecule has 0 bridgehead atoms. The van der Waals surface area contributed by atoms with Crippen LogP contribution in [0.5, 0.6) is 0 Å². The highest BCUT2D eigenvalue weighted by atomic mass is 32.1. The van der Waals surface area contributed by atoms with Crippen LogP contribution in [0.2, 0.25) is 0 Å². The van der Waals surface area contributed by atoms with E-state index in [9.17, 15) is 10.1 Å². The lowest BCUT2D eigenvalue weighted by atomic mass is 10.1. The fourth-order valence-corrected chi connectivity index (χ4v) is 4.93. The summed E-state index contributed by atoms with van der Waals surface area (Å²) < 4.78 is 4.16. The third-order valence-corrected chi connectivity index (χ3v) is 6.45. The van der Waals surface area contributed by atoms with Gasteiger partial charge in [-0.3, -0.25) is 14.0 Å². The average Bonchev–Trinajstić information content (AvgIpc) is 3.38. The first-order valence-corrected chi connectivity index (χ1v) is 11.0. The number of piperidine rings is 1. The van der Waals surface area contributed by atoms with Crippen LogP contribution < -0.4 is 10.9 Å². The lowest BCUT2D eigenvalue weighted by Crippen LogP contribution is -2.34. The smallest absolute Gasteiger partial charge is 0.271 e. The Morgan fingerprint density at radius 2 is 2.00 bits per heavy atom. The summed E-state index contributed by atoms with van der Waals surface area (Å²) in [5.74, 6) is 0. The number of hydrogen-bond acceptors (Lipinski definition) is 6. The Morgan fingerprint density at radius 1 is 1.23 bits per heavy atom. The van der Waals surface area contributed by atoms with Crippen molar-refractivity contribution in [2.24, 2.45) is 7.05 Å². The normalized spacial score (nSPS) is 14.5. The standard InChI is InChI=1S/C20H18N6OS.C2H6/c1-25-10-14-7-12(6-13(9-21)18(14)24-25)17-8-16-19(28-17)20(27)26(11-23-16)15-2-4-22-5-3-15;1-2/h6-8,10-11,15,22H,2-5H2,1H3;1-2H3. The van der Waals surface area contributed by atoms with Crippen molar-refractivity contribution in [2.75, 3.05) is 13.1 Å². The minimum atomic E-state index is 0.0242. The SMILES string of the molecule is CC.Cn1cc2cc(-c3cc4ncn(C5CCNCC5)c(=O)c4s3)cc(C#N)c2n1. The van der Waals surface area contributed by atoms with Crippen molar-refractivity contribution in [1.82, 2.24) is 24.6 Å². The van der Waals surface area contributed by atoms with Gasteiger partial charge in [-0.05, 0) is 49.7 Å². The predicted octanol–water partition coefficient (Wildman–Crippen LogP) is 3.83. The Labute approximate surface area is 178 Å². The molecule has 1 N–H and O–H groups in total. The zero-order valence-electron chi connectivity index (χ0n) is 17.3. The van der Waals surface area contributed by atoms with Crippen LogP contribution in [0.4, 0.5) is 0 Å². The van der Waals surface area contributed by atoms with Gasteiger partial charge in [-0.15, -0.1) is 11.3 Å². The van der Waals surface area contributed by atoms with E-state index in [2.05, 4.69) is 21.5 Å². The third kappa shape index (κ3) is 3.51. The van der Waals surface area contributed by atoms with Gasteiger partial charge in [0.1, 0.15) is 16.3 Å². The quantitative estimate of drug-likeness (QED) is 0.532. The van der Waals surface area contributed by atoms with E-state index in [1.54, 1.807) is 15.6 Å². The Balaban J connectivity index is 0.00000106. The summed E-state index contributed by atoms with van der Waals surface area (Å²) in [5.41, 5.74) is 2.87. The highest BCUT2D eigenvalue weighted by Crippen LogP contribution is 2.34. The minimum absolute atomic E-state index is 0.0242. The molecule has 1 aliphatic heterocycles. The first-order chi connectivity index (χ1) is 14.6. The van der Waals surface area contributed by atoms with Crippen molar-refractivity contribution in [1.29, 1.82) is 5.26 Å². The van der Waals surface area contributed by atoms with E-state index in [1.165, 1.54) is 11.3 Å². The molecule has 154 valence electrons. The summed E-state index contributed by atoms with van der Waals surface area (Å²) in [6.07, 6.45) is 5.46. The summed E-state index contributed by atoms with van der Waals surface area (Å²) >= 11 is 1.44. The van der Waals surface area contributed by atoms with E-state index < -0.39 is 0 Å². The van der Waals surface area contributed by atoms with E-state index in [0.29, 0.717) is 21.3 Å². The van der Waals surface area contributed by atoms with E-state index in [-0.39, 0.29) is 11.6 Å². The third-order valence-electron chi connectivity index (χ3n) is 5.29. The van der Waals surface area contributed by atoms with Crippen LogP contribution in [0.1, 0.15) is 38.3 Å². The summed E-state index contributed by atoms with van der Waals surface area (Å²) in [7, 11) is 1.84. The van der Waals surface area contributed by atoms with E-state index in [1.807, 2.05) is 45.3 Å². The van der Waals surface area contributed by atoms with Crippen molar-refractivity contribution in [3.05, 3.63) is 46.6 Å². The molecule has 7 nitrogen and oxygen atoms in total. The van der Waals surface area contributed by atoms with Gasteiger partial charge in [-0.1, -0.05) is 13.8 Å². The maximum atomic E-state index is 13.1. The van der Waals surface area contributed by atoms with Crippen LogP contribution in [0, 0.1) is 11.3 Å². The Hall–Kier alpha value is -3.02. The molecule has 1 saturated heterocycles. The molecule has 5 rings (SSSR count). The monoisotopic (exact) mass is 420 g/mol. The van der Waals surface area contributed by atoms with Gasteiger partial charge in [0.25, 0.3) is 5.56 Å². The van der Waals surface area contributed by atoms with Crippen LogP contribution in [0.3, 0.4) is 0 Å². The molecule has 4 heterocycles. The fourth-order valence-electron chi connectivity index (χ4n) is 3.89. The molecule has 1 aliphatic rings. The first-order valence-electron chi connectivity index (χ1n) is 10.2. The van der Waals surface area contributed by atoms with Gasteiger partial charge in [0.15, 0.2) is 0 Å².